The van der Waals surface area contributed by atoms with Crippen LogP contribution in [0.15, 0.2) is 82.7 Å². The number of carbonyl (C=O) groups is 2. The van der Waals surface area contributed by atoms with Crippen molar-refractivity contribution in [2.45, 2.75) is 30.7 Å². The van der Waals surface area contributed by atoms with Gasteiger partial charge in [-0.3, -0.25) is 19.0 Å². The molecule has 1 aromatic heterocycles. The Labute approximate surface area is 262 Å². The minimum absolute atomic E-state index is 0.0200. The number of rotatable bonds is 10. The van der Waals surface area contributed by atoms with Gasteiger partial charge in [-0.1, -0.05) is 48.2 Å². The number of benzene rings is 3. The molecule has 0 bridgehead atoms. The topological polar surface area (TPSA) is 96.8 Å². The van der Waals surface area contributed by atoms with Gasteiger partial charge in [0, 0.05) is 39.1 Å². The summed E-state index contributed by atoms with van der Waals surface area (Å²) in [5.74, 6) is -0.183. The number of nitrogens with zero attached hydrogens (tertiary/aromatic N) is 4. The van der Waals surface area contributed by atoms with E-state index in [9.17, 15) is 27.6 Å². The molecule has 0 spiro atoms. The number of hydrogen-bond acceptors (Lipinski definition) is 7. The lowest BCUT2D eigenvalue weighted by Crippen LogP contribution is -2.48. The Bertz CT molecular complexity index is 1740. The first-order valence-electron chi connectivity index (χ1n) is 14.4. The van der Waals surface area contributed by atoms with Crippen LogP contribution >= 0.6 is 11.8 Å². The molecule has 4 aromatic rings. The summed E-state index contributed by atoms with van der Waals surface area (Å²) < 4.78 is 47.0. The third kappa shape index (κ3) is 7.59. The fraction of sp³-hybridized carbons (Fsp3) is 0.312. The van der Waals surface area contributed by atoms with Crippen LogP contribution in [-0.2, 0) is 22.3 Å². The van der Waals surface area contributed by atoms with Crippen molar-refractivity contribution in [2.24, 2.45) is 0 Å². The second-order valence-corrected chi connectivity index (χ2v) is 11.3. The number of halogens is 3. The summed E-state index contributed by atoms with van der Waals surface area (Å²) in [6, 6.07) is 19.3. The van der Waals surface area contributed by atoms with Gasteiger partial charge in [0.05, 0.1) is 40.7 Å². The number of methoxy groups -OCH3 is 1. The Morgan fingerprint density at radius 1 is 0.956 bits per heavy atom. The number of alkyl halides is 3. The molecule has 0 aliphatic carbocycles. The molecular formula is C32H32F3N5O4S. The lowest BCUT2D eigenvalue weighted by molar-refractivity contribution is -0.137. The van der Waals surface area contributed by atoms with Gasteiger partial charge in [-0.25, -0.2) is 4.98 Å². The molecule has 0 atom stereocenters. The summed E-state index contributed by atoms with van der Waals surface area (Å²) in [7, 11) is 1.63. The molecule has 0 unspecified atom stereocenters. The van der Waals surface area contributed by atoms with Gasteiger partial charge in [0.25, 0.3) is 5.56 Å². The van der Waals surface area contributed by atoms with Crippen LogP contribution in [0, 0.1) is 0 Å². The maximum Gasteiger partial charge on any atom is 0.418 e. The maximum atomic E-state index is 13.4. The minimum Gasteiger partial charge on any atom is -0.495 e. The molecule has 3 aromatic carbocycles. The van der Waals surface area contributed by atoms with Crippen LogP contribution in [0.3, 0.4) is 0 Å². The highest BCUT2D eigenvalue weighted by atomic mass is 32.2. The summed E-state index contributed by atoms with van der Waals surface area (Å²) in [6.45, 7) is 2.63. The van der Waals surface area contributed by atoms with Gasteiger partial charge < -0.3 is 19.9 Å². The first-order valence-corrected chi connectivity index (χ1v) is 15.4. The smallest absolute Gasteiger partial charge is 0.418 e. The van der Waals surface area contributed by atoms with E-state index in [1.165, 1.54) is 22.8 Å². The summed E-state index contributed by atoms with van der Waals surface area (Å²) in [6.07, 6.45) is -4.05. The third-order valence-electron chi connectivity index (χ3n) is 7.50. The highest BCUT2D eigenvalue weighted by molar-refractivity contribution is 7.99. The fourth-order valence-electron chi connectivity index (χ4n) is 5.25. The number of para-hydroxylation sites is 4. The number of hydrogen-bond donors (Lipinski definition) is 1. The second kappa shape index (κ2) is 14.1. The average molecular weight is 640 g/mol. The molecule has 1 aliphatic rings. The monoisotopic (exact) mass is 639 g/mol. The summed E-state index contributed by atoms with van der Waals surface area (Å²) in [5.41, 5.74) is -0.188. The van der Waals surface area contributed by atoms with Crippen LogP contribution in [0.2, 0.25) is 0 Å². The zero-order chi connectivity index (χ0) is 32.0. The van der Waals surface area contributed by atoms with E-state index in [1.54, 1.807) is 31.4 Å². The molecular weight excluding hydrogens is 607 g/mol. The zero-order valence-electron chi connectivity index (χ0n) is 24.5. The number of ether oxygens (including phenoxy) is 1. The van der Waals surface area contributed by atoms with Crippen molar-refractivity contribution in [1.82, 2.24) is 14.5 Å². The quantitative estimate of drug-likeness (QED) is 0.186. The summed E-state index contributed by atoms with van der Waals surface area (Å²) >= 11 is 0.952. The van der Waals surface area contributed by atoms with Gasteiger partial charge in [0.15, 0.2) is 5.16 Å². The van der Waals surface area contributed by atoms with Crippen LogP contribution in [0.25, 0.3) is 10.9 Å². The van der Waals surface area contributed by atoms with Crippen LogP contribution in [-0.4, -0.2) is 65.3 Å². The summed E-state index contributed by atoms with van der Waals surface area (Å²) in [5, 5.41) is 2.96. The van der Waals surface area contributed by atoms with Crippen LogP contribution in [0.4, 0.5) is 24.5 Å². The van der Waals surface area contributed by atoms with Gasteiger partial charge in [-0.2, -0.15) is 13.2 Å². The Morgan fingerprint density at radius 3 is 2.40 bits per heavy atom. The third-order valence-corrected chi connectivity index (χ3v) is 8.47. The molecule has 2 amide bonds. The van der Waals surface area contributed by atoms with E-state index in [-0.39, 0.29) is 41.0 Å². The van der Waals surface area contributed by atoms with Gasteiger partial charge >= 0.3 is 6.18 Å². The normalized spacial score (nSPS) is 13.6. The van der Waals surface area contributed by atoms with E-state index in [0.717, 1.165) is 29.3 Å². The van der Waals surface area contributed by atoms with Gasteiger partial charge in [-0.15, -0.1) is 0 Å². The number of fused-ring (bicyclic) bond motifs is 1. The molecule has 0 saturated carbocycles. The Balaban J connectivity index is 1.22. The number of aromatic nitrogens is 2. The number of carbonyl (C=O) groups excluding carboxylic acids is 2. The van der Waals surface area contributed by atoms with Crippen molar-refractivity contribution in [1.29, 1.82) is 0 Å². The number of anilines is 2. The molecule has 13 heteroatoms. The van der Waals surface area contributed by atoms with Gasteiger partial charge in [-0.05, 0) is 42.8 Å². The Kier molecular flexibility index (Phi) is 9.96. The highest BCUT2D eigenvalue weighted by Crippen LogP contribution is 2.34. The first kappa shape index (κ1) is 31.9. The van der Waals surface area contributed by atoms with E-state index in [2.05, 4.69) is 15.2 Å². The van der Waals surface area contributed by atoms with E-state index in [0.29, 0.717) is 43.5 Å². The highest BCUT2D eigenvalue weighted by Gasteiger charge is 2.33. The predicted molar refractivity (Wildman–Crippen MR) is 168 cm³/mol. The van der Waals surface area contributed by atoms with E-state index >= 15 is 0 Å². The molecule has 1 N–H and O–H groups in total. The molecule has 0 radical (unpaired) electrons. The SMILES string of the molecule is COc1ccccc1N1CCN(C(=O)CCCn2c(SCC(=O)Nc3ccccc3C(F)(F)F)nc3ccccc3c2=O)CC1. The molecule has 2 heterocycles. The molecule has 5 rings (SSSR count). The molecule has 1 fully saturated rings. The molecule has 1 aliphatic heterocycles. The van der Waals surface area contributed by atoms with Crippen molar-refractivity contribution in [3.8, 4) is 5.75 Å². The van der Waals surface area contributed by atoms with E-state index in [1.807, 2.05) is 29.2 Å². The van der Waals surface area contributed by atoms with E-state index < -0.39 is 17.6 Å². The van der Waals surface area contributed by atoms with Crippen LogP contribution < -0.4 is 20.5 Å². The Hall–Kier alpha value is -4.52. The molecule has 236 valence electrons. The average Bonchev–Trinajstić information content (AvgIpc) is 3.04. The summed E-state index contributed by atoms with van der Waals surface area (Å²) in [4.78, 5) is 47.7. The standard InChI is InChI=1S/C32H32F3N5O4S/c1-44-27-14-7-6-13-26(27)38-17-19-39(20-18-38)29(42)15-8-16-40-30(43)22-9-2-4-11-24(22)37-31(40)45-21-28(41)36-25-12-5-3-10-23(25)32(33,34)35/h2-7,9-14H,8,15-21H2,1H3,(H,36,41). The second-order valence-electron chi connectivity index (χ2n) is 10.4. The van der Waals surface area contributed by atoms with Crippen molar-refractivity contribution in [2.75, 3.05) is 49.3 Å². The maximum absolute atomic E-state index is 13.4. The first-order chi connectivity index (χ1) is 21.7. The zero-order valence-corrected chi connectivity index (χ0v) is 25.4. The van der Waals surface area contributed by atoms with Crippen molar-refractivity contribution in [3.05, 3.63) is 88.7 Å². The fourth-order valence-corrected chi connectivity index (χ4v) is 6.07. The largest absolute Gasteiger partial charge is 0.495 e. The van der Waals surface area contributed by atoms with E-state index in [4.69, 9.17) is 4.74 Å². The number of amides is 2. The van der Waals surface area contributed by atoms with Gasteiger partial charge in [0.2, 0.25) is 11.8 Å². The van der Waals surface area contributed by atoms with Crippen LogP contribution in [0.5, 0.6) is 5.75 Å². The van der Waals surface area contributed by atoms with Crippen molar-refractivity contribution < 1.29 is 27.5 Å². The van der Waals surface area contributed by atoms with Crippen LogP contribution in [0.1, 0.15) is 18.4 Å². The Morgan fingerprint density at radius 2 is 1.64 bits per heavy atom. The minimum atomic E-state index is -4.63. The van der Waals surface area contributed by atoms with Crippen molar-refractivity contribution in [3.63, 3.8) is 0 Å². The lowest BCUT2D eigenvalue weighted by atomic mass is 10.1. The molecule has 9 nitrogen and oxygen atoms in total. The molecule has 1 saturated heterocycles. The predicted octanol–water partition coefficient (Wildman–Crippen LogP) is 5.28. The van der Waals surface area contributed by atoms with Gasteiger partial charge in [0.1, 0.15) is 5.75 Å². The lowest BCUT2D eigenvalue weighted by Gasteiger charge is -2.36. The van der Waals surface area contributed by atoms with Crippen molar-refractivity contribution >= 4 is 45.9 Å². The number of piperazine rings is 1. The molecule has 45 heavy (non-hydrogen) atoms. The number of thioether (sulfide) groups is 1. The number of nitrogens with one attached hydrogen (secondary N) is 1.